The lowest BCUT2D eigenvalue weighted by molar-refractivity contribution is 0.242. The molecule has 7 heteroatoms. The Labute approximate surface area is 129 Å². The molecule has 0 spiro atoms. The van der Waals surface area contributed by atoms with Crippen LogP contribution in [0.1, 0.15) is 17.3 Å². The maximum absolute atomic E-state index is 6.04. The topological polar surface area (TPSA) is 60.2 Å². The molecule has 0 saturated heterocycles. The fraction of sp³-hybridized carbons (Fsp3) is 0.385. The molecule has 0 aliphatic rings. The normalized spacial score (nSPS) is 10.2. The average molecular weight is 318 g/mol. The summed E-state index contributed by atoms with van der Waals surface area (Å²) in [6.07, 6.45) is 0.727. The van der Waals surface area contributed by atoms with Crippen LogP contribution >= 0.6 is 24.0 Å². The standard InChI is InChI=1S/C13H16ClN3O2.ClH/c1-9-3-4-10(14)11(7-9)18-8-13-16-12(17-19-13)5-6-15-2;/h3-4,7,15H,5-6,8H2,1-2H3;1H. The summed E-state index contributed by atoms with van der Waals surface area (Å²) < 4.78 is 10.7. The van der Waals surface area contributed by atoms with Gasteiger partial charge in [-0.1, -0.05) is 22.8 Å². The summed E-state index contributed by atoms with van der Waals surface area (Å²) in [5.41, 5.74) is 1.08. The second kappa shape index (κ2) is 8.09. The van der Waals surface area contributed by atoms with Crippen LogP contribution in [0, 0.1) is 6.92 Å². The number of hydrogen-bond acceptors (Lipinski definition) is 5. The molecular formula is C13H17Cl2N3O2. The zero-order valence-electron chi connectivity index (χ0n) is 11.4. The molecule has 0 unspecified atom stereocenters. The van der Waals surface area contributed by atoms with Gasteiger partial charge in [0.2, 0.25) is 0 Å². The van der Waals surface area contributed by atoms with Crippen LogP contribution in [0.15, 0.2) is 22.7 Å². The number of benzene rings is 1. The summed E-state index contributed by atoms with van der Waals surface area (Å²) in [5.74, 6) is 1.74. The van der Waals surface area contributed by atoms with Crippen LogP contribution in [0.25, 0.3) is 0 Å². The van der Waals surface area contributed by atoms with E-state index in [1.807, 2.05) is 26.1 Å². The Morgan fingerprint density at radius 1 is 1.40 bits per heavy atom. The fourth-order valence-corrected chi connectivity index (χ4v) is 1.72. The van der Waals surface area contributed by atoms with Crippen LogP contribution in [-0.4, -0.2) is 23.7 Å². The summed E-state index contributed by atoms with van der Waals surface area (Å²) in [7, 11) is 1.88. The zero-order valence-corrected chi connectivity index (χ0v) is 12.9. The Kier molecular flexibility index (Phi) is 6.78. The van der Waals surface area contributed by atoms with Crippen LogP contribution in [0.2, 0.25) is 5.02 Å². The fourth-order valence-electron chi connectivity index (χ4n) is 1.55. The number of nitrogens with one attached hydrogen (secondary N) is 1. The van der Waals surface area contributed by atoms with Gasteiger partial charge in [-0.2, -0.15) is 4.98 Å². The molecule has 0 amide bonds. The number of halogens is 2. The average Bonchev–Trinajstić information content (AvgIpc) is 2.85. The number of ether oxygens (including phenoxy) is 1. The molecule has 2 rings (SSSR count). The summed E-state index contributed by atoms with van der Waals surface area (Å²) in [6, 6.07) is 5.61. The van der Waals surface area contributed by atoms with Crippen molar-refractivity contribution in [3.63, 3.8) is 0 Å². The van der Waals surface area contributed by atoms with E-state index in [2.05, 4.69) is 15.5 Å². The first-order valence-electron chi connectivity index (χ1n) is 6.04. The van der Waals surface area contributed by atoms with Gasteiger partial charge in [0.25, 0.3) is 5.89 Å². The van der Waals surface area contributed by atoms with Crippen molar-refractivity contribution in [2.24, 2.45) is 0 Å². The molecule has 2 aromatic rings. The van der Waals surface area contributed by atoms with Gasteiger partial charge in [-0.25, -0.2) is 0 Å². The van der Waals surface area contributed by atoms with Gasteiger partial charge in [0.1, 0.15) is 5.75 Å². The SMILES string of the molecule is CNCCc1noc(COc2cc(C)ccc2Cl)n1.Cl. The second-order valence-corrected chi connectivity index (χ2v) is 4.59. The summed E-state index contributed by atoms with van der Waals surface area (Å²) >= 11 is 6.04. The highest BCUT2D eigenvalue weighted by Crippen LogP contribution is 2.25. The lowest BCUT2D eigenvalue weighted by atomic mass is 10.2. The number of rotatable bonds is 6. The summed E-state index contributed by atoms with van der Waals surface area (Å²) in [4.78, 5) is 4.23. The van der Waals surface area contributed by atoms with Gasteiger partial charge >= 0.3 is 0 Å². The summed E-state index contributed by atoms with van der Waals surface area (Å²) in [6.45, 7) is 3.00. The second-order valence-electron chi connectivity index (χ2n) is 4.18. The minimum Gasteiger partial charge on any atom is -0.482 e. The maximum Gasteiger partial charge on any atom is 0.264 e. The van der Waals surface area contributed by atoms with Crippen molar-refractivity contribution in [1.82, 2.24) is 15.5 Å². The number of aryl methyl sites for hydroxylation is 1. The molecule has 0 atom stereocenters. The molecule has 1 N–H and O–H groups in total. The highest BCUT2D eigenvalue weighted by atomic mass is 35.5. The third kappa shape index (κ3) is 4.67. The molecule has 0 bridgehead atoms. The molecule has 0 radical (unpaired) electrons. The minimum absolute atomic E-state index is 0. The third-order valence-corrected chi connectivity index (χ3v) is 2.86. The summed E-state index contributed by atoms with van der Waals surface area (Å²) in [5, 5.41) is 7.46. The van der Waals surface area contributed by atoms with Crippen molar-refractivity contribution in [3.05, 3.63) is 40.5 Å². The van der Waals surface area contributed by atoms with Crippen LogP contribution < -0.4 is 10.1 Å². The molecule has 110 valence electrons. The van der Waals surface area contributed by atoms with E-state index >= 15 is 0 Å². The van der Waals surface area contributed by atoms with E-state index in [0.29, 0.717) is 22.5 Å². The molecule has 0 aliphatic carbocycles. The maximum atomic E-state index is 6.04. The number of aromatic nitrogens is 2. The van der Waals surface area contributed by atoms with Gasteiger partial charge in [0, 0.05) is 13.0 Å². The lowest BCUT2D eigenvalue weighted by Gasteiger charge is -2.06. The van der Waals surface area contributed by atoms with Crippen LogP contribution in [0.5, 0.6) is 5.75 Å². The van der Waals surface area contributed by atoms with Crippen LogP contribution in [-0.2, 0) is 13.0 Å². The van der Waals surface area contributed by atoms with Gasteiger partial charge in [0.15, 0.2) is 12.4 Å². The van der Waals surface area contributed by atoms with Crippen LogP contribution in [0.3, 0.4) is 0 Å². The monoisotopic (exact) mass is 317 g/mol. The highest BCUT2D eigenvalue weighted by Gasteiger charge is 2.08. The Morgan fingerprint density at radius 3 is 2.95 bits per heavy atom. The third-order valence-electron chi connectivity index (χ3n) is 2.55. The van der Waals surface area contributed by atoms with Gasteiger partial charge < -0.3 is 14.6 Å². The molecule has 0 fully saturated rings. The Morgan fingerprint density at radius 2 is 2.20 bits per heavy atom. The van der Waals surface area contributed by atoms with Crippen molar-refractivity contribution in [1.29, 1.82) is 0 Å². The smallest absolute Gasteiger partial charge is 0.264 e. The Hall–Kier alpha value is -1.30. The van der Waals surface area contributed by atoms with Gasteiger partial charge in [0.05, 0.1) is 5.02 Å². The van der Waals surface area contributed by atoms with E-state index < -0.39 is 0 Å². The molecule has 1 aromatic heterocycles. The van der Waals surface area contributed by atoms with Gasteiger partial charge in [-0.05, 0) is 31.7 Å². The van der Waals surface area contributed by atoms with E-state index in [9.17, 15) is 0 Å². The first-order chi connectivity index (χ1) is 9.19. The van der Waals surface area contributed by atoms with Crippen molar-refractivity contribution < 1.29 is 9.26 Å². The van der Waals surface area contributed by atoms with Crippen molar-refractivity contribution in [2.45, 2.75) is 20.0 Å². The number of nitrogens with zero attached hydrogens (tertiary/aromatic N) is 2. The predicted octanol–water partition coefficient (Wildman–Crippen LogP) is 2.79. The van der Waals surface area contributed by atoms with E-state index in [1.165, 1.54) is 0 Å². The molecule has 1 aromatic carbocycles. The van der Waals surface area contributed by atoms with Crippen molar-refractivity contribution in [2.75, 3.05) is 13.6 Å². The lowest BCUT2D eigenvalue weighted by Crippen LogP contribution is -2.11. The number of likely N-dealkylation sites (N-methyl/N-ethyl adjacent to an activating group) is 1. The van der Waals surface area contributed by atoms with Crippen molar-refractivity contribution in [3.8, 4) is 5.75 Å². The number of hydrogen-bond donors (Lipinski definition) is 1. The molecule has 5 nitrogen and oxygen atoms in total. The molecular weight excluding hydrogens is 301 g/mol. The molecule has 20 heavy (non-hydrogen) atoms. The van der Waals surface area contributed by atoms with E-state index in [4.69, 9.17) is 20.9 Å². The quantitative estimate of drug-likeness (QED) is 0.887. The van der Waals surface area contributed by atoms with Gasteiger partial charge in [-0.15, -0.1) is 12.4 Å². The first-order valence-corrected chi connectivity index (χ1v) is 6.42. The van der Waals surface area contributed by atoms with E-state index in [-0.39, 0.29) is 19.0 Å². The van der Waals surface area contributed by atoms with Gasteiger partial charge in [-0.3, -0.25) is 0 Å². The zero-order chi connectivity index (χ0) is 13.7. The van der Waals surface area contributed by atoms with Crippen LogP contribution in [0.4, 0.5) is 0 Å². The first kappa shape index (κ1) is 16.8. The molecule has 0 saturated carbocycles. The Bertz CT molecular complexity index is 546. The molecule has 0 aliphatic heterocycles. The minimum atomic E-state index is 0. The largest absolute Gasteiger partial charge is 0.482 e. The Balaban J connectivity index is 0.00000200. The van der Waals surface area contributed by atoms with Crippen molar-refractivity contribution >= 4 is 24.0 Å². The van der Waals surface area contributed by atoms with E-state index in [0.717, 1.165) is 18.5 Å². The van der Waals surface area contributed by atoms with E-state index in [1.54, 1.807) is 6.07 Å². The molecule has 1 heterocycles. The predicted molar refractivity (Wildman–Crippen MR) is 79.7 cm³/mol. The highest BCUT2D eigenvalue weighted by molar-refractivity contribution is 6.32.